The Kier molecular flexibility index (Phi) is 4.19. The molecule has 2 aromatic heterocycles. The third-order valence-corrected chi connectivity index (χ3v) is 4.13. The van der Waals surface area contributed by atoms with Crippen LogP contribution in [0.25, 0.3) is 10.9 Å². The maximum Gasteiger partial charge on any atom is 0.224 e. The van der Waals surface area contributed by atoms with Gasteiger partial charge in [0, 0.05) is 41.9 Å². The van der Waals surface area contributed by atoms with Crippen molar-refractivity contribution in [1.29, 1.82) is 0 Å². The van der Waals surface area contributed by atoms with Crippen LogP contribution in [0, 0.1) is 13.8 Å². The molecule has 1 aromatic carbocycles. The predicted molar refractivity (Wildman–Crippen MR) is 96.1 cm³/mol. The van der Waals surface area contributed by atoms with Crippen molar-refractivity contribution >= 4 is 22.7 Å². The molecule has 0 atom stereocenters. The van der Waals surface area contributed by atoms with Gasteiger partial charge in [0.25, 0.3) is 0 Å². The second-order valence-corrected chi connectivity index (χ2v) is 5.78. The molecule has 3 aromatic rings. The Bertz CT molecular complexity index is 835. The minimum absolute atomic E-state index is 0.636. The highest BCUT2D eigenvalue weighted by Gasteiger charge is 2.07. The van der Waals surface area contributed by atoms with Crippen LogP contribution in [0.4, 0.5) is 11.8 Å². The average Bonchev–Trinajstić information content (AvgIpc) is 2.88. The number of aromatic amines is 1. The Morgan fingerprint density at radius 2 is 1.96 bits per heavy atom. The maximum absolute atomic E-state index is 4.42. The summed E-state index contributed by atoms with van der Waals surface area (Å²) in [6.45, 7) is 7.07. The fourth-order valence-electron chi connectivity index (χ4n) is 2.86. The summed E-state index contributed by atoms with van der Waals surface area (Å²) in [6, 6.07) is 8.51. The second-order valence-electron chi connectivity index (χ2n) is 5.78. The lowest BCUT2D eigenvalue weighted by Crippen LogP contribution is -2.05. The molecule has 5 nitrogen and oxygen atoms in total. The summed E-state index contributed by atoms with van der Waals surface area (Å²) in [4.78, 5) is 12.2. The van der Waals surface area contributed by atoms with Gasteiger partial charge in [-0.15, -0.1) is 0 Å². The summed E-state index contributed by atoms with van der Waals surface area (Å²) in [5.41, 5.74) is 6.05. The lowest BCUT2D eigenvalue weighted by Gasteiger charge is -2.08. The number of aryl methyl sites for hydroxylation is 3. The zero-order valence-electron chi connectivity index (χ0n) is 14.1. The van der Waals surface area contributed by atoms with Crippen LogP contribution in [0.2, 0.25) is 0 Å². The molecule has 0 aliphatic carbocycles. The molecule has 0 spiro atoms. The van der Waals surface area contributed by atoms with Gasteiger partial charge >= 0.3 is 0 Å². The zero-order chi connectivity index (χ0) is 16.4. The van der Waals surface area contributed by atoms with Crippen molar-refractivity contribution < 1.29 is 0 Å². The van der Waals surface area contributed by atoms with Gasteiger partial charge < -0.3 is 15.6 Å². The molecule has 0 radical (unpaired) electrons. The molecular formula is C18H23N5. The second kappa shape index (κ2) is 6.28. The Balaban J connectivity index is 1.82. The first kappa shape index (κ1) is 15.3. The Morgan fingerprint density at radius 1 is 1.13 bits per heavy atom. The van der Waals surface area contributed by atoms with Crippen LogP contribution < -0.4 is 10.6 Å². The van der Waals surface area contributed by atoms with Crippen molar-refractivity contribution in [2.45, 2.75) is 33.7 Å². The van der Waals surface area contributed by atoms with Gasteiger partial charge in [-0.05, 0) is 43.5 Å². The first-order chi connectivity index (χ1) is 11.1. The molecule has 2 heterocycles. The molecule has 0 aliphatic heterocycles. The van der Waals surface area contributed by atoms with E-state index in [-0.39, 0.29) is 0 Å². The van der Waals surface area contributed by atoms with Crippen LogP contribution in [0.1, 0.15) is 29.4 Å². The van der Waals surface area contributed by atoms with Crippen LogP contribution in [-0.4, -0.2) is 22.0 Å². The van der Waals surface area contributed by atoms with Crippen LogP contribution >= 0.6 is 0 Å². The van der Waals surface area contributed by atoms with E-state index in [0.29, 0.717) is 5.95 Å². The molecular weight excluding hydrogens is 286 g/mol. The molecule has 3 rings (SSSR count). The number of nitrogens with one attached hydrogen (secondary N) is 3. The SMILES string of the molecule is CCc1[nH]c2ccc(CNc3cc(C)nc(NC)n3)cc2c1C. The molecule has 0 aliphatic rings. The third kappa shape index (κ3) is 3.13. The quantitative estimate of drug-likeness (QED) is 0.671. The first-order valence-electron chi connectivity index (χ1n) is 7.98. The van der Waals surface area contributed by atoms with Gasteiger partial charge in [0.15, 0.2) is 0 Å². The summed E-state index contributed by atoms with van der Waals surface area (Å²) in [6.07, 6.45) is 1.03. The Morgan fingerprint density at radius 3 is 2.70 bits per heavy atom. The normalized spacial score (nSPS) is 11.0. The summed E-state index contributed by atoms with van der Waals surface area (Å²) >= 11 is 0. The van der Waals surface area contributed by atoms with E-state index in [2.05, 4.69) is 57.6 Å². The number of anilines is 2. The molecule has 120 valence electrons. The zero-order valence-corrected chi connectivity index (χ0v) is 14.1. The van der Waals surface area contributed by atoms with E-state index in [9.17, 15) is 0 Å². The number of H-pyrrole nitrogens is 1. The first-order valence-corrected chi connectivity index (χ1v) is 7.98. The van der Waals surface area contributed by atoms with Gasteiger partial charge in [0.2, 0.25) is 5.95 Å². The van der Waals surface area contributed by atoms with Crippen molar-refractivity contribution in [3.05, 3.63) is 46.8 Å². The molecule has 0 bridgehead atoms. The number of hydrogen-bond donors (Lipinski definition) is 3. The minimum Gasteiger partial charge on any atom is -0.366 e. The van der Waals surface area contributed by atoms with Crippen molar-refractivity contribution in [3.63, 3.8) is 0 Å². The van der Waals surface area contributed by atoms with Crippen LogP contribution in [-0.2, 0) is 13.0 Å². The van der Waals surface area contributed by atoms with Crippen LogP contribution in [0.15, 0.2) is 24.3 Å². The smallest absolute Gasteiger partial charge is 0.224 e. The Labute approximate surface area is 136 Å². The number of fused-ring (bicyclic) bond motifs is 1. The molecule has 0 amide bonds. The van der Waals surface area contributed by atoms with E-state index in [1.54, 1.807) is 0 Å². The van der Waals surface area contributed by atoms with Crippen molar-refractivity contribution in [3.8, 4) is 0 Å². The van der Waals surface area contributed by atoms with Crippen molar-refractivity contribution in [1.82, 2.24) is 15.0 Å². The Hall–Kier alpha value is -2.56. The standard InChI is InChI=1S/C18H23N5/c1-5-15-12(3)14-9-13(6-7-16(14)22-15)10-20-17-8-11(2)21-18(19-4)23-17/h6-9,22H,5,10H2,1-4H3,(H2,19,20,21,23). The van der Waals surface area contributed by atoms with Crippen LogP contribution in [0.5, 0.6) is 0 Å². The van der Waals surface area contributed by atoms with Crippen molar-refractivity contribution in [2.24, 2.45) is 0 Å². The van der Waals surface area contributed by atoms with Gasteiger partial charge in [0.05, 0.1) is 0 Å². The summed E-state index contributed by atoms with van der Waals surface area (Å²) < 4.78 is 0. The highest BCUT2D eigenvalue weighted by molar-refractivity contribution is 5.85. The van der Waals surface area contributed by atoms with E-state index < -0.39 is 0 Å². The number of hydrogen-bond acceptors (Lipinski definition) is 4. The lowest BCUT2D eigenvalue weighted by atomic mass is 10.1. The molecule has 5 heteroatoms. The highest BCUT2D eigenvalue weighted by Crippen LogP contribution is 2.23. The molecule has 0 fully saturated rings. The summed E-state index contributed by atoms with van der Waals surface area (Å²) in [7, 11) is 1.83. The number of nitrogens with zero attached hydrogens (tertiary/aromatic N) is 2. The maximum atomic E-state index is 4.42. The molecule has 23 heavy (non-hydrogen) atoms. The van der Waals surface area contributed by atoms with Gasteiger partial charge in [-0.2, -0.15) is 4.98 Å². The fraction of sp³-hybridized carbons (Fsp3) is 0.333. The van der Waals surface area contributed by atoms with E-state index in [4.69, 9.17) is 0 Å². The average molecular weight is 309 g/mol. The van der Waals surface area contributed by atoms with Crippen LogP contribution in [0.3, 0.4) is 0 Å². The molecule has 0 unspecified atom stereocenters. The van der Waals surface area contributed by atoms with E-state index >= 15 is 0 Å². The monoisotopic (exact) mass is 309 g/mol. The van der Waals surface area contributed by atoms with Gasteiger partial charge in [-0.1, -0.05) is 13.0 Å². The third-order valence-electron chi connectivity index (χ3n) is 4.13. The van der Waals surface area contributed by atoms with E-state index in [0.717, 1.165) is 24.5 Å². The fourth-order valence-corrected chi connectivity index (χ4v) is 2.86. The molecule has 0 saturated carbocycles. The topological polar surface area (TPSA) is 65.6 Å². The molecule has 0 saturated heterocycles. The minimum atomic E-state index is 0.636. The van der Waals surface area contributed by atoms with Gasteiger partial charge in [-0.25, -0.2) is 4.98 Å². The highest BCUT2D eigenvalue weighted by atomic mass is 15.1. The number of aromatic nitrogens is 3. The summed E-state index contributed by atoms with van der Waals surface area (Å²) in [5.74, 6) is 1.47. The predicted octanol–water partition coefficient (Wildman–Crippen LogP) is 3.79. The van der Waals surface area contributed by atoms with Gasteiger partial charge in [-0.3, -0.25) is 0 Å². The largest absolute Gasteiger partial charge is 0.366 e. The number of benzene rings is 1. The summed E-state index contributed by atoms with van der Waals surface area (Å²) in [5, 5.41) is 7.66. The van der Waals surface area contributed by atoms with E-state index in [1.807, 2.05) is 20.0 Å². The lowest BCUT2D eigenvalue weighted by molar-refractivity contribution is 1.05. The van der Waals surface area contributed by atoms with E-state index in [1.165, 1.54) is 27.7 Å². The van der Waals surface area contributed by atoms with Crippen molar-refractivity contribution in [2.75, 3.05) is 17.7 Å². The number of rotatable bonds is 5. The molecule has 3 N–H and O–H groups in total. The van der Waals surface area contributed by atoms with Gasteiger partial charge in [0.1, 0.15) is 5.82 Å².